The minimum Gasteiger partial charge on any atom is -0.490 e. The first-order chi connectivity index (χ1) is 10.4. The smallest absolute Gasteiger partial charge is 0.127 e. The number of rotatable bonds is 8. The third kappa shape index (κ3) is 4.46. The summed E-state index contributed by atoms with van der Waals surface area (Å²) in [6.07, 6.45) is 6.18. The number of pyridine rings is 1. The van der Waals surface area contributed by atoms with Crippen molar-refractivity contribution < 1.29 is 9.47 Å². The number of benzene rings is 1. The molecular weight excluding hydrogens is 264 g/mol. The molecule has 0 saturated heterocycles. The van der Waals surface area contributed by atoms with Crippen LogP contribution >= 0.6 is 0 Å². The molecule has 1 aliphatic carbocycles. The maximum Gasteiger partial charge on any atom is 0.127 e. The van der Waals surface area contributed by atoms with Gasteiger partial charge in [-0.15, -0.1) is 0 Å². The first kappa shape index (κ1) is 13.9. The van der Waals surface area contributed by atoms with Gasteiger partial charge in [0.1, 0.15) is 24.7 Å². The topological polar surface area (TPSA) is 43.4 Å². The van der Waals surface area contributed by atoms with Gasteiger partial charge in [-0.3, -0.25) is 4.98 Å². The molecule has 3 rings (SSSR count). The van der Waals surface area contributed by atoms with Gasteiger partial charge in [0.2, 0.25) is 0 Å². The average molecular weight is 284 g/mol. The Kier molecular flexibility index (Phi) is 4.69. The molecule has 0 unspecified atom stereocenters. The lowest BCUT2D eigenvalue weighted by Crippen LogP contribution is -2.17. The predicted molar refractivity (Wildman–Crippen MR) is 81.5 cm³/mol. The van der Waals surface area contributed by atoms with E-state index in [1.807, 2.05) is 42.6 Å². The van der Waals surface area contributed by atoms with E-state index in [2.05, 4.69) is 10.3 Å². The van der Waals surface area contributed by atoms with Crippen LogP contribution < -0.4 is 14.8 Å². The molecule has 1 aromatic heterocycles. The second-order valence-corrected chi connectivity index (χ2v) is 5.15. The second-order valence-electron chi connectivity index (χ2n) is 5.15. The average Bonchev–Trinajstić information content (AvgIpc) is 3.36. The van der Waals surface area contributed by atoms with E-state index in [1.54, 1.807) is 6.20 Å². The van der Waals surface area contributed by atoms with E-state index in [-0.39, 0.29) is 0 Å². The van der Waals surface area contributed by atoms with Crippen molar-refractivity contribution in [3.63, 3.8) is 0 Å². The maximum atomic E-state index is 5.81. The van der Waals surface area contributed by atoms with Gasteiger partial charge in [0.05, 0.1) is 0 Å². The third-order valence-corrected chi connectivity index (χ3v) is 3.37. The molecule has 1 saturated carbocycles. The number of aromatic nitrogens is 1. The van der Waals surface area contributed by atoms with Crippen LogP contribution in [0.15, 0.2) is 48.8 Å². The molecular formula is C17H20N2O2. The Balaban J connectivity index is 1.45. The van der Waals surface area contributed by atoms with Crippen molar-refractivity contribution in [1.82, 2.24) is 10.3 Å². The van der Waals surface area contributed by atoms with Gasteiger partial charge in [0, 0.05) is 30.5 Å². The summed E-state index contributed by atoms with van der Waals surface area (Å²) in [6, 6.07) is 12.4. The minimum atomic E-state index is 0.523. The van der Waals surface area contributed by atoms with Crippen LogP contribution in [0.3, 0.4) is 0 Å². The summed E-state index contributed by atoms with van der Waals surface area (Å²) in [7, 11) is 0. The Morgan fingerprint density at radius 3 is 2.67 bits per heavy atom. The lowest BCUT2D eigenvalue weighted by atomic mass is 10.2. The van der Waals surface area contributed by atoms with Crippen LogP contribution in [0.1, 0.15) is 18.4 Å². The van der Waals surface area contributed by atoms with E-state index in [4.69, 9.17) is 9.47 Å². The molecule has 0 spiro atoms. The molecule has 0 aliphatic heterocycles. The third-order valence-electron chi connectivity index (χ3n) is 3.37. The van der Waals surface area contributed by atoms with E-state index < -0.39 is 0 Å². The first-order valence-electron chi connectivity index (χ1n) is 7.39. The summed E-state index contributed by atoms with van der Waals surface area (Å²) in [5.74, 6) is 1.75. The molecule has 1 fully saturated rings. The predicted octanol–water partition coefficient (Wildman–Crippen LogP) is 2.79. The van der Waals surface area contributed by atoms with Crippen molar-refractivity contribution in [3.05, 3.63) is 54.4 Å². The highest BCUT2D eigenvalue weighted by Crippen LogP contribution is 2.22. The highest BCUT2D eigenvalue weighted by atomic mass is 16.5. The Morgan fingerprint density at radius 1 is 1.05 bits per heavy atom. The summed E-state index contributed by atoms with van der Waals surface area (Å²) in [5, 5.41) is 3.48. The van der Waals surface area contributed by atoms with E-state index in [0.717, 1.165) is 23.6 Å². The number of nitrogens with zero attached hydrogens (tertiary/aromatic N) is 1. The van der Waals surface area contributed by atoms with E-state index >= 15 is 0 Å². The van der Waals surface area contributed by atoms with E-state index in [0.29, 0.717) is 19.3 Å². The zero-order valence-corrected chi connectivity index (χ0v) is 12.0. The summed E-state index contributed by atoms with van der Waals surface area (Å²) in [4.78, 5) is 4.17. The summed E-state index contributed by atoms with van der Waals surface area (Å²) >= 11 is 0. The van der Waals surface area contributed by atoms with Crippen molar-refractivity contribution >= 4 is 0 Å². The van der Waals surface area contributed by atoms with Crippen molar-refractivity contribution in [2.75, 3.05) is 13.2 Å². The van der Waals surface area contributed by atoms with Crippen molar-refractivity contribution in [1.29, 1.82) is 0 Å². The molecule has 1 aromatic carbocycles. The monoisotopic (exact) mass is 284 g/mol. The van der Waals surface area contributed by atoms with Crippen LogP contribution in [0, 0.1) is 0 Å². The normalized spacial score (nSPS) is 13.9. The number of hydrogen-bond acceptors (Lipinski definition) is 4. The standard InChI is InChI=1S/C17H20N2O2/c1-2-4-16(5-3-1)20-10-11-21-17-8-9-18-12-14(17)13-19-15-6-7-15/h1-5,8-9,12,15,19H,6-7,10-11,13H2. The fraction of sp³-hybridized carbons (Fsp3) is 0.353. The van der Waals surface area contributed by atoms with Crippen LogP contribution in [0.2, 0.25) is 0 Å². The van der Waals surface area contributed by atoms with Gasteiger partial charge in [0.15, 0.2) is 0 Å². The molecule has 0 atom stereocenters. The van der Waals surface area contributed by atoms with Gasteiger partial charge in [-0.1, -0.05) is 18.2 Å². The number of hydrogen-bond donors (Lipinski definition) is 1. The Morgan fingerprint density at radius 2 is 1.86 bits per heavy atom. The van der Waals surface area contributed by atoms with Gasteiger partial charge in [-0.2, -0.15) is 0 Å². The highest BCUT2D eigenvalue weighted by Gasteiger charge is 2.20. The molecule has 1 aliphatic rings. The summed E-state index contributed by atoms with van der Waals surface area (Å²) in [5.41, 5.74) is 1.10. The highest BCUT2D eigenvalue weighted by molar-refractivity contribution is 5.30. The van der Waals surface area contributed by atoms with Crippen LogP contribution in [0.5, 0.6) is 11.5 Å². The molecule has 1 heterocycles. The van der Waals surface area contributed by atoms with Crippen molar-refractivity contribution in [2.24, 2.45) is 0 Å². The SMILES string of the molecule is c1ccc(OCCOc2ccncc2CNC2CC2)cc1. The van der Waals surface area contributed by atoms with Crippen LogP contribution in [0.4, 0.5) is 0 Å². The molecule has 1 N–H and O–H groups in total. The Bertz CT molecular complexity index is 556. The van der Waals surface area contributed by atoms with Crippen LogP contribution in [0.25, 0.3) is 0 Å². The summed E-state index contributed by atoms with van der Waals surface area (Å²) < 4.78 is 11.4. The molecule has 21 heavy (non-hydrogen) atoms. The molecule has 0 radical (unpaired) electrons. The van der Waals surface area contributed by atoms with Crippen LogP contribution in [-0.2, 0) is 6.54 Å². The number of para-hydroxylation sites is 1. The largest absolute Gasteiger partial charge is 0.490 e. The van der Waals surface area contributed by atoms with Crippen LogP contribution in [-0.4, -0.2) is 24.2 Å². The molecule has 110 valence electrons. The van der Waals surface area contributed by atoms with Crippen molar-refractivity contribution in [3.8, 4) is 11.5 Å². The fourth-order valence-corrected chi connectivity index (χ4v) is 2.06. The Hall–Kier alpha value is -2.07. The van der Waals surface area contributed by atoms with E-state index in [9.17, 15) is 0 Å². The second kappa shape index (κ2) is 7.09. The van der Waals surface area contributed by atoms with Gasteiger partial charge in [0.25, 0.3) is 0 Å². The zero-order chi connectivity index (χ0) is 14.3. The first-order valence-corrected chi connectivity index (χ1v) is 7.39. The van der Waals surface area contributed by atoms with Gasteiger partial charge < -0.3 is 14.8 Å². The minimum absolute atomic E-state index is 0.523. The van der Waals surface area contributed by atoms with Gasteiger partial charge >= 0.3 is 0 Å². The molecule has 4 nitrogen and oxygen atoms in total. The summed E-state index contributed by atoms with van der Waals surface area (Å²) in [6.45, 7) is 1.87. The lowest BCUT2D eigenvalue weighted by molar-refractivity contribution is 0.215. The van der Waals surface area contributed by atoms with Gasteiger partial charge in [-0.05, 0) is 31.0 Å². The zero-order valence-electron chi connectivity index (χ0n) is 12.0. The number of nitrogens with one attached hydrogen (secondary N) is 1. The molecule has 4 heteroatoms. The number of ether oxygens (including phenoxy) is 2. The molecule has 0 amide bonds. The molecule has 0 bridgehead atoms. The molecule has 2 aromatic rings. The maximum absolute atomic E-state index is 5.81. The van der Waals surface area contributed by atoms with Gasteiger partial charge in [-0.25, -0.2) is 0 Å². The Labute approximate surface area is 125 Å². The van der Waals surface area contributed by atoms with E-state index in [1.165, 1.54) is 12.8 Å². The van der Waals surface area contributed by atoms with Crippen molar-refractivity contribution in [2.45, 2.75) is 25.4 Å². The lowest BCUT2D eigenvalue weighted by Gasteiger charge is -2.12. The quantitative estimate of drug-likeness (QED) is 0.757. The fourth-order valence-electron chi connectivity index (χ4n) is 2.06.